The second-order valence-electron chi connectivity index (χ2n) is 12.5. The number of fused-ring (bicyclic) bond motifs is 4. The second kappa shape index (κ2) is 11.0. The Morgan fingerprint density at radius 3 is 2.67 bits per heavy atom. The molecule has 12 heteroatoms. The fourth-order valence-corrected chi connectivity index (χ4v) is 7.29. The van der Waals surface area contributed by atoms with Crippen LogP contribution >= 0.6 is 11.3 Å². The highest BCUT2D eigenvalue weighted by atomic mass is 32.1. The first-order valence-electron chi connectivity index (χ1n) is 15.1. The molecule has 3 unspecified atom stereocenters. The van der Waals surface area contributed by atoms with Crippen LogP contribution in [0.2, 0.25) is 0 Å². The number of nitrogens with zero attached hydrogens (tertiary/aromatic N) is 2. The molecule has 2 aromatic heterocycles. The number of rotatable bonds is 6. The minimum atomic E-state index is -1.27. The quantitative estimate of drug-likeness (QED) is 0.215. The van der Waals surface area contributed by atoms with Crippen molar-refractivity contribution in [1.82, 2.24) is 20.6 Å². The van der Waals surface area contributed by atoms with Gasteiger partial charge in [-0.15, -0.1) is 11.3 Å². The highest BCUT2D eigenvalue weighted by Crippen LogP contribution is 2.59. The number of hydrogen-bond acceptors (Lipinski definition) is 10. The molecular weight excluding hydrogens is 594 g/mol. The lowest BCUT2D eigenvalue weighted by Gasteiger charge is -2.29. The van der Waals surface area contributed by atoms with E-state index in [-0.39, 0.29) is 24.9 Å². The van der Waals surface area contributed by atoms with Gasteiger partial charge in [-0.05, 0) is 35.1 Å². The maximum Gasteiger partial charge on any atom is 0.249 e. The monoisotopic (exact) mass is 629 g/mol. The Kier molecular flexibility index (Phi) is 7.18. The number of carbonyl (C=O) groups excluding carboxylic acids is 2. The van der Waals surface area contributed by atoms with E-state index in [0.29, 0.717) is 33.8 Å². The fraction of sp³-hybridized carbons (Fsp3) is 0.394. The van der Waals surface area contributed by atoms with E-state index in [2.05, 4.69) is 20.9 Å². The summed E-state index contributed by atoms with van der Waals surface area (Å²) in [5.41, 5.74) is 3.52. The van der Waals surface area contributed by atoms with Crippen molar-refractivity contribution in [3.8, 4) is 16.5 Å². The van der Waals surface area contributed by atoms with Crippen molar-refractivity contribution < 1.29 is 29.0 Å². The molecule has 11 nitrogen and oxygen atoms in total. The standard InChI is InChI=1S/C33H35N5O6S/c1-15(2)24-30-38-25(31-34-18(13-39)14-45-31)27(44-30)33-19-7-5-6-8-21(19)36-32(33)43-23-10-9-17(11-20(23)33)12-22(28(41)37-24)35-29(42)26(40)16(3)4/h5-11,14-16,22,24,26,32,36,39-40H,12-13H2,1-4H3,(H,35,42)(H,37,41)/t22?,24?,26-,32?,33-/m0/s1. The van der Waals surface area contributed by atoms with Gasteiger partial charge in [0.05, 0.1) is 12.3 Å². The summed E-state index contributed by atoms with van der Waals surface area (Å²) in [5.74, 6) is -0.0327. The molecule has 4 aromatic rings. The van der Waals surface area contributed by atoms with E-state index < -0.39 is 41.6 Å². The average molecular weight is 630 g/mol. The average Bonchev–Trinajstić information content (AvgIpc) is 3.79. The molecule has 0 saturated carbocycles. The van der Waals surface area contributed by atoms with Gasteiger partial charge in [0.1, 0.15) is 40.1 Å². The van der Waals surface area contributed by atoms with E-state index in [4.69, 9.17) is 14.1 Å². The topological polar surface area (TPSA) is 159 Å². The zero-order valence-electron chi connectivity index (χ0n) is 25.3. The predicted molar refractivity (Wildman–Crippen MR) is 167 cm³/mol. The molecule has 0 fully saturated rings. The van der Waals surface area contributed by atoms with Crippen molar-refractivity contribution in [1.29, 1.82) is 0 Å². The van der Waals surface area contributed by atoms with Gasteiger partial charge in [-0.1, -0.05) is 58.0 Å². The largest absolute Gasteiger partial charge is 0.469 e. The summed E-state index contributed by atoms with van der Waals surface area (Å²) >= 11 is 1.36. The van der Waals surface area contributed by atoms with Gasteiger partial charge in [0, 0.05) is 23.1 Å². The van der Waals surface area contributed by atoms with Crippen LogP contribution in [0.3, 0.4) is 0 Å². The van der Waals surface area contributed by atoms with E-state index in [1.54, 1.807) is 19.2 Å². The fourth-order valence-electron chi connectivity index (χ4n) is 6.50. The number of hydrogen-bond donors (Lipinski definition) is 5. The van der Waals surface area contributed by atoms with Crippen molar-refractivity contribution in [2.24, 2.45) is 11.8 Å². The van der Waals surface area contributed by atoms with Crippen molar-refractivity contribution >= 4 is 28.8 Å². The van der Waals surface area contributed by atoms with Crippen LogP contribution in [0.4, 0.5) is 5.69 Å². The van der Waals surface area contributed by atoms with Crippen molar-refractivity contribution in [2.75, 3.05) is 5.32 Å². The first-order valence-corrected chi connectivity index (χ1v) is 16.0. The second-order valence-corrected chi connectivity index (χ2v) is 13.4. The minimum Gasteiger partial charge on any atom is -0.469 e. The van der Waals surface area contributed by atoms with Crippen LogP contribution in [0.5, 0.6) is 5.75 Å². The number of ether oxygens (including phenoxy) is 1. The van der Waals surface area contributed by atoms with Crippen molar-refractivity contribution in [3.63, 3.8) is 0 Å². The van der Waals surface area contributed by atoms with Gasteiger partial charge in [-0.25, -0.2) is 9.97 Å². The Morgan fingerprint density at radius 1 is 1.13 bits per heavy atom. The van der Waals surface area contributed by atoms with E-state index in [1.807, 2.05) is 56.3 Å². The number of oxazole rings is 1. The molecule has 4 bridgehead atoms. The van der Waals surface area contributed by atoms with E-state index in [0.717, 1.165) is 22.4 Å². The summed E-state index contributed by atoms with van der Waals surface area (Å²) in [7, 11) is 0. The van der Waals surface area contributed by atoms with Gasteiger partial charge in [0.2, 0.25) is 17.7 Å². The molecule has 2 amide bonds. The Labute approximate surface area is 264 Å². The third-order valence-corrected chi connectivity index (χ3v) is 9.76. The zero-order valence-corrected chi connectivity index (χ0v) is 26.1. The first kappa shape index (κ1) is 29.5. The van der Waals surface area contributed by atoms with Crippen molar-refractivity contribution in [2.45, 2.75) is 70.6 Å². The molecule has 5 heterocycles. The molecule has 2 aromatic carbocycles. The lowest BCUT2D eigenvalue weighted by Crippen LogP contribution is -2.52. The summed E-state index contributed by atoms with van der Waals surface area (Å²) in [6, 6.07) is 12.1. The number of benzene rings is 2. The molecule has 0 aliphatic carbocycles. The number of aromatic nitrogens is 2. The Morgan fingerprint density at radius 2 is 1.93 bits per heavy atom. The van der Waals surface area contributed by atoms with E-state index >= 15 is 0 Å². The molecule has 234 valence electrons. The van der Waals surface area contributed by atoms with Gasteiger partial charge in [-0.2, -0.15) is 0 Å². The normalized spacial score (nSPS) is 23.7. The highest BCUT2D eigenvalue weighted by Gasteiger charge is 2.61. The van der Waals surface area contributed by atoms with Gasteiger partial charge < -0.3 is 35.3 Å². The minimum absolute atomic E-state index is 0.145. The lowest BCUT2D eigenvalue weighted by atomic mass is 9.72. The Balaban J connectivity index is 1.48. The molecule has 7 rings (SSSR count). The summed E-state index contributed by atoms with van der Waals surface area (Å²) in [5, 5.41) is 32.1. The summed E-state index contributed by atoms with van der Waals surface area (Å²) < 4.78 is 13.4. The van der Waals surface area contributed by atoms with Crippen LogP contribution in [0.1, 0.15) is 67.8 Å². The van der Waals surface area contributed by atoms with Crippen LogP contribution in [0.15, 0.2) is 52.3 Å². The maximum atomic E-state index is 13.9. The number of carbonyl (C=O) groups is 2. The summed E-state index contributed by atoms with van der Waals surface area (Å²) in [4.78, 5) is 36.6. The maximum absolute atomic E-state index is 13.9. The molecule has 3 aliphatic rings. The van der Waals surface area contributed by atoms with Gasteiger partial charge in [-0.3, -0.25) is 9.59 Å². The molecule has 5 N–H and O–H groups in total. The van der Waals surface area contributed by atoms with Crippen molar-refractivity contribution in [3.05, 3.63) is 81.9 Å². The number of amides is 2. The molecular formula is C33H35N5O6S. The third-order valence-electron chi connectivity index (χ3n) is 8.87. The number of anilines is 1. The number of nitrogens with one attached hydrogen (secondary N) is 3. The van der Waals surface area contributed by atoms with Gasteiger partial charge in [0.25, 0.3) is 0 Å². The first-order chi connectivity index (χ1) is 21.6. The van der Waals surface area contributed by atoms with Gasteiger partial charge in [0.15, 0.2) is 12.0 Å². The van der Waals surface area contributed by atoms with Crippen LogP contribution in [-0.4, -0.2) is 50.4 Å². The molecule has 1 spiro atoms. The third kappa shape index (κ3) is 4.62. The Bertz CT molecular complexity index is 1800. The molecule has 45 heavy (non-hydrogen) atoms. The van der Waals surface area contributed by atoms with E-state index in [1.165, 1.54) is 11.3 Å². The van der Waals surface area contributed by atoms with E-state index in [9.17, 15) is 19.8 Å². The highest BCUT2D eigenvalue weighted by molar-refractivity contribution is 7.13. The smallest absolute Gasteiger partial charge is 0.249 e. The zero-order chi connectivity index (χ0) is 31.6. The molecule has 0 radical (unpaired) electrons. The number of aliphatic hydroxyl groups excluding tert-OH is 2. The molecule has 3 aliphatic heterocycles. The number of thiazole rings is 1. The number of aliphatic hydroxyl groups is 2. The van der Waals surface area contributed by atoms with Crippen LogP contribution in [0, 0.1) is 11.8 Å². The lowest BCUT2D eigenvalue weighted by molar-refractivity contribution is -0.135. The van der Waals surface area contributed by atoms with Crippen LogP contribution in [-0.2, 0) is 28.0 Å². The summed E-state index contributed by atoms with van der Waals surface area (Å²) in [6.45, 7) is 7.18. The predicted octanol–water partition coefficient (Wildman–Crippen LogP) is 3.64. The SMILES string of the molecule is CC(C)C1NC(=O)C(NC(=O)[C@@H](O)C(C)C)Cc2ccc3c(c2)[C@@]2(c4ccccc4NC2O3)c2oc1nc2-c1nc(CO)cs1. The van der Waals surface area contributed by atoms with Crippen LogP contribution < -0.4 is 20.7 Å². The summed E-state index contributed by atoms with van der Waals surface area (Å²) in [6.07, 6.45) is -1.65. The number of para-hydroxylation sites is 1. The molecule has 5 atom stereocenters. The van der Waals surface area contributed by atoms with Gasteiger partial charge >= 0.3 is 0 Å². The van der Waals surface area contributed by atoms with Crippen LogP contribution in [0.25, 0.3) is 10.7 Å². The Hall–Kier alpha value is -4.26. The molecule has 0 saturated heterocycles.